The Kier molecular flexibility index (Phi) is 6.84. The minimum Gasteiger partial charge on any atom is -0.481 e. The summed E-state index contributed by atoms with van der Waals surface area (Å²) in [6.45, 7) is 6.10. The van der Waals surface area contributed by atoms with Gasteiger partial charge in [-0.2, -0.15) is 0 Å². The predicted molar refractivity (Wildman–Crippen MR) is 71.8 cm³/mol. The van der Waals surface area contributed by atoms with Crippen LogP contribution in [0.3, 0.4) is 0 Å². The third-order valence-electron chi connectivity index (χ3n) is 3.39. The second kappa shape index (κ2) is 8.15. The first-order valence-electron chi connectivity index (χ1n) is 7.10. The van der Waals surface area contributed by atoms with Crippen LogP contribution in [-0.2, 0) is 14.3 Å². The van der Waals surface area contributed by atoms with E-state index in [0.29, 0.717) is 31.9 Å². The maximum absolute atomic E-state index is 11.9. The van der Waals surface area contributed by atoms with Crippen molar-refractivity contribution < 1.29 is 19.4 Å². The number of nitrogens with one attached hydrogen (secondary N) is 1. The van der Waals surface area contributed by atoms with E-state index in [0.717, 1.165) is 19.4 Å². The number of hydrogen-bond acceptors (Lipinski definition) is 3. The third-order valence-corrected chi connectivity index (χ3v) is 3.39. The number of carboxylic acids is 1. The van der Waals surface area contributed by atoms with Crippen LogP contribution in [0.4, 0.5) is 0 Å². The summed E-state index contributed by atoms with van der Waals surface area (Å²) in [5, 5.41) is 11.8. The van der Waals surface area contributed by atoms with Crippen molar-refractivity contribution in [2.24, 2.45) is 17.8 Å². The maximum atomic E-state index is 11.9. The molecule has 1 saturated carbocycles. The molecular weight excluding hydrogens is 246 g/mol. The molecule has 2 unspecified atom stereocenters. The lowest BCUT2D eigenvalue weighted by atomic mass is 9.95. The van der Waals surface area contributed by atoms with Crippen LogP contribution in [0.25, 0.3) is 0 Å². The zero-order valence-electron chi connectivity index (χ0n) is 11.9. The number of carboxylic acid groups (broad SMARTS) is 1. The fourth-order valence-electron chi connectivity index (χ4n) is 2.41. The van der Waals surface area contributed by atoms with Crippen LogP contribution in [0, 0.1) is 17.8 Å². The zero-order chi connectivity index (χ0) is 14.3. The first-order chi connectivity index (χ1) is 9.02. The minimum absolute atomic E-state index is 0.117. The quantitative estimate of drug-likeness (QED) is 0.658. The molecule has 0 spiro atoms. The Balaban J connectivity index is 2.15. The van der Waals surface area contributed by atoms with Crippen molar-refractivity contribution >= 4 is 11.9 Å². The first-order valence-corrected chi connectivity index (χ1v) is 7.10. The Morgan fingerprint density at radius 3 is 2.63 bits per heavy atom. The molecular formula is C14H25NO4. The van der Waals surface area contributed by atoms with Crippen LogP contribution < -0.4 is 5.32 Å². The average Bonchev–Trinajstić information content (AvgIpc) is 2.82. The largest absolute Gasteiger partial charge is 0.481 e. The molecule has 0 aliphatic heterocycles. The van der Waals surface area contributed by atoms with Crippen LogP contribution in [-0.4, -0.2) is 36.7 Å². The fourth-order valence-corrected chi connectivity index (χ4v) is 2.41. The molecule has 5 heteroatoms. The first kappa shape index (κ1) is 16.0. The number of rotatable bonds is 8. The Morgan fingerprint density at radius 2 is 2.00 bits per heavy atom. The summed E-state index contributed by atoms with van der Waals surface area (Å²) in [5.74, 6) is -1.30. The van der Waals surface area contributed by atoms with Gasteiger partial charge >= 0.3 is 5.97 Å². The summed E-state index contributed by atoms with van der Waals surface area (Å²) >= 11 is 0. The van der Waals surface area contributed by atoms with E-state index in [4.69, 9.17) is 9.84 Å². The van der Waals surface area contributed by atoms with Gasteiger partial charge in [0, 0.05) is 19.8 Å². The van der Waals surface area contributed by atoms with E-state index in [1.165, 1.54) is 0 Å². The minimum atomic E-state index is -0.849. The van der Waals surface area contributed by atoms with Gasteiger partial charge in [-0.05, 0) is 25.2 Å². The van der Waals surface area contributed by atoms with E-state index < -0.39 is 11.9 Å². The zero-order valence-corrected chi connectivity index (χ0v) is 11.9. The van der Waals surface area contributed by atoms with Crippen molar-refractivity contribution in [3.63, 3.8) is 0 Å². The second-order valence-electron chi connectivity index (χ2n) is 5.60. The summed E-state index contributed by atoms with van der Waals surface area (Å²) < 4.78 is 5.42. The number of carbonyl (C=O) groups excluding carboxylic acids is 1. The van der Waals surface area contributed by atoms with Crippen LogP contribution in [0.5, 0.6) is 0 Å². The van der Waals surface area contributed by atoms with Crippen molar-refractivity contribution in [2.45, 2.75) is 39.5 Å². The maximum Gasteiger partial charge on any atom is 0.307 e. The smallest absolute Gasteiger partial charge is 0.307 e. The molecule has 0 radical (unpaired) electrons. The molecule has 2 atom stereocenters. The number of amides is 1. The molecule has 1 aliphatic carbocycles. The van der Waals surface area contributed by atoms with Crippen LogP contribution in [0.1, 0.15) is 39.5 Å². The Hall–Kier alpha value is -1.10. The molecule has 0 heterocycles. The van der Waals surface area contributed by atoms with E-state index in [2.05, 4.69) is 19.2 Å². The second-order valence-corrected chi connectivity index (χ2v) is 5.60. The van der Waals surface area contributed by atoms with Crippen molar-refractivity contribution in [3.05, 3.63) is 0 Å². The van der Waals surface area contributed by atoms with E-state index >= 15 is 0 Å². The van der Waals surface area contributed by atoms with Gasteiger partial charge in [0.2, 0.25) is 5.91 Å². The Morgan fingerprint density at radius 1 is 1.32 bits per heavy atom. The normalized spacial score (nSPS) is 22.7. The van der Waals surface area contributed by atoms with E-state index in [9.17, 15) is 9.59 Å². The SMILES string of the molecule is CC(C)COCCCNC(=O)C1CCCC1C(=O)O. The number of aliphatic carboxylic acids is 1. The lowest BCUT2D eigenvalue weighted by Crippen LogP contribution is -2.36. The summed E-state index contributed by atoms with van der Waals surface area (Å²) in [4.78, 5) is 22.9. The van der Waals surface area contributed by atoms with Gasteiger partial charge in [-0.15, -0.1) is 0 Å². The van der Waals surface area contributed by atoms with Gasteiger partial charge in [0.25, 0.3) is 0 Å². The molecule has 0 bridgehead atoms. The highest BCUT2D eigenvalue weighted by molar-refractivity contribution is 5.85. The van der Waals surface area contributed by atoms with Gasteiger partial charge < -0.3 is 15.2 Å². The van der Waals surface area contributed by atoms with E-state index in [-0.39, 0.29) is 11.8 Å². The average molecular weight is 271 g/mol. The predicted octanol–water partition coefficient (Wildman–Crippen LogP) is 1.67. The highest BCUT2D eigenvalue weighted by Gasteiger charge is 2.37. The summed E-state index contributed by atoms with van der Waals surface area (Å²) in [5.41, 5.74) is 0. The van der Waals surface area contributed by atoms with E-state index in [1.807, 2.05) is 0 Å². The molecule has 0 aromatic heterocycles. The molecule has 1 rings (SSSR count). The monoisotopic (exact) mass is 271 g/mol. The fraction of sp³-hybridized carbons (Fsp3) is 0.857. The summed E-state index contributed by atoms with van der Waals surface area (Å²) in [6, 6.07) is 0. The molecule has 110 valence electrons. The van der Waals surface area contributed by atoms with Crippen LogP contribution >= 0.6 is 0 Å². The molecule has 5 nitrogen and oxygen atoms in total. The number of carbonyl (C=O) groups is 2. The van der Waals surface area contributed by atoms with Gasteiger partial charge in [0.15, 0.2) is 0 Å². The van der Waals surface area contributed by atoms with Gasteiger partial charge in [-0.3, -0.25) is 9.59 Å². The van der Waals surface area contributed by atoms with Gasteiger partial charge in [-0.1, -0.05) is 20.3 Å². The van der Waals surface area contributed by atoms with Crippen molar-refractivity contribution in [1.29, 1.82) is 0 Å². The topological polar surface area (TPSA) is 75.6 Å². The highest BCUT2D eigenvalue weighted by atomic mass is 16.5. The van der Waals surface area contributed by atoms with E-state index in [1.54, 1.807) is 0 Å². The Labute approximate surface area is 114 Å². The molecule has 19 heavy (non-hydrogen) atoms. The summed E-state index contributed by atoms with van der Waals surface area (Å²) in [6.07, 6.45) is 2.90. The third kappa shape index (κ3) is 5.59. The highest BCUT2D eigenvalue weighted by Crippen LogP contribution is 2.31. The standard InChI is InChI=1S/C14H25NO4/c1-10(2)9-19-8-4-7-15-13(16)11-5-3-6-12(11)14(17)18/h10-12H,3-9H2,1-2H3,(H,15,16)(H,17,18). The number of ether oxygens (including phenoxy) is 1. The molecule has 2 N–H and O–H groups in total. The van der Waals surface area contributed by atoms with Gasteiger partial charge in [-0.25, -0.2) is 0 Å². The lowest BCUT2D eigenvalue weighted by molar-refractivity contribution is -0.146. The van der Waals surface area contributed by atoms with Crippen LogP contribution in [0.2, 0.25) is 0 Å². The molecule has 1 amide bonds. The molecule has 0 aromatic rings. The molecule has 0 saturated heterocycles. The van der Waals surface area contributed by atoms with Gasteiger partial charge in [0.05, 0.1) is 11.8 Å². The van der Waals surface area contributed by atoms with Gasteiger partial charge in [0.1, 0.15) is 0 Å². The molecule has 1 aliphatic rings. The Bertz CT molecular complexity index is 304. The lowest BCUT2D eigenvalue weighted by Gasteiger charge is -2.15. The van der Waals surface area contributed by atoms with Crippen molar-refractivity contribution in [3.8, 4) is 0 Å². The molecule has 0 aromatic carbocycles. The summed E-state index contributed by atoms with van der Waals surface area (Å²) in [7, 11) is 0. The van der Waals surface area contributed by atoms with Crippen molar-refractivity contribution in [2.75, 3.05) is 19.8 Å². The number of hydrogen-bond donors (Lipinski definition) is 2. The van der Waals surface area contributed by atoms with Crippen LogP contribution in [0.15, 0.2) is 0 Å². The molecule has 1 fully saturated rings. The van der Waals surface area contributed by atoms with Crippen molar-refractivity contribution in [1.82, 2.24) is 5.32 Å².